The maximum absolute atomic E-state index is 11.1. The summed E-state index contributed by atoms with van der Waals surface area (Å²) in [6.45, 7) is 5.19. The lowest BCUT2D eigenvalue weighted by Gasteiger charge is -2.06. The van der Waals surface area contributed by atoms with Gasteiger partial charge in [0.15, 0.2) is 0 Å². The van der Waals surface area contributed by atoms with Gasteiger partial charge in [-0.25, -0.2) is 9.97 Å². The summed E-state index contributed by atoms with van der Waals surface area (Å²) < 4.78 is 5.43. The summed E-state index contributed by atoms with van der Waals surface area (Å²) in [6, 6.07) is 4.97. The molecule has 2 rings (SSSR count). The van der Waals surface area contributed by atoms with Crippen LogP contribution < -0.4 is 10.1 Å². The van der Waals surface area contributed by atoms with Crippen molar-refractivity contribution in [2.24, 2.45) is 0 Å². The molecule has 0 saturated heterocycles. The first-order valence-electron chi connectivity index (χ1n) is 6.55. The Morgan fingerprint density at radius 3 is 2.67 bits per heavy atom. The third kappa shape index (κ3) is 3.73. The van der Waals surface area contributed by atoms with E-state index in [1.807, 2.05) is 6.92 Å². The molecule has 0 atom stereocenters. The van der Waals surface area contributed by atoms with Crippen LogP contribution in [0.25, 0.3) is 0 Å². The van der Waals surface area contributed by atoms with Crippen LogP contribution in [0, 0.1) is 17.0 Å². The number of para-hydroxylation sites is 1. The fraction of sp³-hybridized carbons (Fsp3) is 0.286. The van der Waals surface area contributed by atoms with Gasteiger partial charge in [-0.2, -0.15) is 0 Å². The minimum absolute atomic E-state index is 0.0715. The Kier molecular flexibility index (Phi) is 4.78. The van der Waals surface area contributed by atoms with Crippen LogP contribution >= 0.6 is 0 Å². The Morgan fingerprint density at radius 1 is 1.33 bits per heavy atom. The highest BCUT2D eigenvalue weighted by molar-refractivity contribution is 5.52. The van der Waals surface area contributed by atoms with E-state index in [2.05, 4.69) is 15.3 Å². The van der Waals surface area contributed by atoms with Crippen molar-refractivity contribution < 1.29 is 9.66 Å². The summed E-state index contributed by atoms with van der Waals surface area (Å²) in [7, 11) is 0. The topological polar surface area (TPSA) is 90.2 Å². The highest BCUT2D eigenvalue weighted by Gasteiger charge is 2.19. The van der Waals surface area contributed by atoms with Gasteiger partial charge in [-0.05, 0) is 19.5 Å². The molecule has 0 fully saturated rings. The van der Waals surface area contributed by atoms with Crippen molar-refractivity contribution in [3.63, 3.8) is 0 Å². The zero-order chi connectivity index (χ0) is 15.2. The van der Waals surface area contributed by atoms with Crippen molar-refractivity contribution in [1.29, 1.82) is 0 Å². The average Bonchev–Trinajstić information content (AvgIpc) is 2.46. The van der Waals surface area contributed by atoms with Crippen LogP contribution in [0.2, 0.25) is 0 Å². The number of nitrogens with one attached hydrogen (secondary N) is 1. The molecule has 7 nitrogen and oxygen atoms in total. The molecule has 0 bridgehead atoms. The second-order valence-corrected chi connectivity index (χ2v) is 4.44. The number of hydrogen-bond acceptors (Lipinski definition) is 6. The highest BCUT2D eigenvalue weighted by Crippen LogP contribution is 2.32. The Balaban J connectivity index is 2.19. The molecule has 7 heteroatoms. The summed E-state index contributed by atoms with van der Waals surface area (Å²) in [5.41, 5.74) is 1.38. The SMILES string of the molecule is CCNCc1cnc(Oc2cccc(C)c2[N+](=O)[O-])nc1. The molecular formula is C14H16N4O3. The molecule has 1 aromatic carbocycles. The number of benzene rings is 1. The smallest absolute Gasteiger partial charge is 0.322 e. The summed E-state index contributed by atoms with van der Waals surface area (Å²) in [5, 5.41) is 14.2. The van der Waals surface area contributed by atoms with Crippen LogP contribution in [0.15, 0.2) is 30.6 Å². The first-order valence-corrected chi connectivity index (χ1v) is 6.55. The van der Waals surface area contributed by atoms with E-state index in [-0.39, 0.29) is 17.4 Å². The summed E-state index contributed by atoms with van der Waals surface area (Å²) >= 11 is 0. The zero-order valence-corrected chi connectivity index (χ0v) is 11.9. The van der Waals surface area contributed by atoms with Gasteiger partial charge in [-0.1, -0.05) is 19.1 Å². The molecule has 0 aliphatic heterocycles. The Morgan fingerprint density at radius 2 is 2.05 bits per heavy atom. The van der Waals surface area contributed by atoms with Crippen LogP contribution in [0.3, 0.4) is 0 Å². The van der Waals surface area contributed by atoms with E-state index in [1.54, 1.807) is 31.5 Å². The lowest BCUT2D eigenvalue weighted by Crippen LogP contribution is -2.12. The number of ether oxygens (including phenoxy) is 1. The van der Waals surface area contributed by atoms with Crippen molar-refractivity contribution in [3.05, 3.63) is 51.8 Å². The van der Waals surface area contributed by atoms with Crippen LogP contribution in [-0.2, 0) is 6.54 Å². The molecule has 0 aliphatic rings. The van der Waals surface area contributed by atoms with Gasteiger partial charge in [-0.15, -0.1) is 0 Å². The van der Waals surface area contributed by atoms with Gasteiger partial charge in [0.05, 0.1) is 4.92 Å². The van der Waals surface area contributed by atoms with Gasteiger partial charge in [0.25, 0.3) is 0 Å². The van der Waals surface area contributed by atoms with Crippen molar-refractivity contribution in [2.45, 2.75) is 20.4 Å². The number of nitrogens with zero attached hydrogens (tertiary/aromatic N) is 3. The highest BCUT2D eigenvalue weighted by atomic mass is 16.6. The van der Waals surface area contributed by atoms with E-state index < -0.39 is 4.92 Å². The number of rotatable bonds is 6. The van der Waals surface area contributed by atoms with Gasteiger partial charge < -0.3 is 10.1 Å². The van der Waals surface area contributed by atoms with Crippen LogP contribution in [-0.4, -0.2) is 21.4 Å². The molecule has 21 heavy (non-hydrogen) atoms. The first kappa shape index (κ1) is 14.9. The lowest BCUT2D eigenvalue weighted by atomic mass is 10.2. The molecule has 0 amide bonds. The predicted octanol–water partition coefficient (Wildman–Crippen LogP) is 2.60. The molecular weight excluding hydrogens is 272 g/mol. The van der Waals surface area contributed by atoms with Gasteiger partial charge in [0.1, 0.15) is 0 Å². The van der Waals surface area contributed by atoms with E-state index in [9.17, 15) is 10.1 Å². The Hall–Kier alpha value is -2.54. The standard InChI is InChI=1S/C14H16N4O3/c1-3-15-7-11-8-16-14(17-9-11)21-12-6-4-5-10(2)13(12)18(19)20/h4-6,8-9,15H,3,7H2,1-2H3. The first-order chi connectivity index (χ1) is 10.1. The minimum atomic E-state index is -0.468. The molecule has 0 saturated carbocycles. The van der Waals surface area contributed by atoms with E-state index in [1.165, 1.54) is 6.07 Å². The molecule has 110 valence electrons. The molecule has 2 aromatic rings. The van der Waals surface area contributed by atoms with Gasteiger partial charge >= 0.3 is 11.7 Å². The second-order valence-electron chi connectivity index (χ2n) is 4.44. The molecule has 0 aliphatic carbocycles. The normalized spacial score (nSPS) is 10.4. The second kappa shape index (κ2) is 6.76. The number of nitro benzene ring substituents is 1. The third-order valence-corrected chi connectivity index (χ3v) is 2.85. The molecule has 0 unspecified atom stereocenters. The number of hydrogen-bond donors (Lipinski definition) is 1. The van der Waals surface area contributed by atoms with Crippen molar-refractivity contribution in [2.75, 3.05) is 6.54 Å². The lowest BCUT2D eigenvalue weighted by molar-refractivity contribution is -0.386. The molecule has 0 radical (unpaired) electrons. The van der Waals surface area contributed by atoms with Crippen LogP contribution in [0.1, 0.15) is 18.1 Å². The molecule has 1 heterocycles. The van der Waals surface area contributed by atoms with Crippen molar-refractivity contribution >= 4 is 5.69 Å². The number of aromatic nitrogens is 2. The fourth-order valence-electron chi connectivity index (χ4n) is 1.80. The number of nitro groups is 1. The van der Waals surface area contributed by atoms with E-state index >= 15 is 0 Å². The molecule has 1 N–H and O–H groups in total. The minimum Gasteiger partial charge on any atom is -0.417 e. The molecule has 0 spiro atoms. The Bertz CT molecular complexity index is 629. The van der Waals surface area contributed by atoms with Gasteiger partial charge in [-0.3, -0.25) is 10.1 Å². The van der Waals surface area contributed by atoms with Gasteiger partial charge in [0.2, 0.25) is 5.75 Å². The number of aryl methyl sites for hydroxylation is 1. The monoisotopic (exact) mass is 288 g/mol. The average molecular weight is 288 g/mol. The maximum Gasteiger partial charge on any atom is 0.322 e. The van der Waals surface area contributed by atoms with Crippen molar-refractivity contribution in [3.8, 4) is 11.8 Å². The van der Waals surface area contributed by atoms with E-state index in [0.29, 0.717) is 12.1 Å². The van der Waals surface area contributed by atoms with E-state index in [4.69, 9.17) is 4.74 Å². The van der Waals surface area contributed by atoms with Crippen LogP contribution in [0.4, 0.5) is 5.69 Å². The van der Waals surface area contributed by atoms with Crippen LogP contribution in [0.5, 0.6) is 11.8 Å². The van der Waals surface area contributed by atoms with Gasteiger partial charge in [0, 0.05) is 30.1 Å². The summed E-state index contributed by atoms with van der Waals surface area (Å²) in [6.07, 6.45) is 3.26. The third-order valence-electron chi connectivity index (χ3n) is 2.85. The predicted molar refractivity (Wildman–Crippen MR) is 77.3 cm³/mol. The summed E-state index contributed by atoms with van der Waals surface area (Å²) in [4.78, 5) is 18.7. The quantitative estimate of drug-likeness (QED) is 0.649. The fourth-order valence-corrected chi connectivity index (χ4v) is 1.80. The van der Waals surface area contributed by atoms with Crippen molar-refractivity contribution in [1.82, 2.24) is 15.3 Å². The Labute approximate surface area is 122 Å². The molecule has 1 aromatic heterocycles. The largest absolute Gasteiger partial charge is 0.417 e. The van der Waals surface area contributed by atoms with E-state index in [0.717, 1.165) is 12.1 Å². The maximum atomic E-state index is 11.1. The summed E-state index contributed by atoms with van der Waals surface area (Å²) in [5.74, 6) is 0.138. The zero-order valence-electron chi connectivity index (χ0n) is 11.9.